The first kappa shape index (κ1) is 15.7. The van der Waals surface area contributed by atoms with Gasteiger partial charge in [-0.25, -0.2) is 4.79 Å². The Morgan fingerprint density at radius 2 is 2.16 bits per heavy atom. The van der Waals surface area contributed by atoms with Crippen LogP contribution < -0.4 is 11.1 Å². The zero-order valence-corrected chi connectivity index (χ0v) is 12.8. The molecule has 0 aliphatic rings. The van der Waals surface area contributed by atoms with Gasteiger partial charge in [0.25, 0.3) is 0 Å². The molecule has 1 rings (SSSR count). The first-order chi connectivity index (χ1) is 8.91. The number of carbonyl (C=O) groups excluding carboxylic acids is 1. The molecule has 106 valence electrons. The zero-order chi connectivity index (χ0) is 14.5. The number of ether oxygens (including phenoxy) is 1. The highest BCUT2D eigenvalue weighted by Gasteiger charge is 2.19. The van der Waals surface area contributed by atoms with Crippen molar-refractivity contribution < 1.29 is 9.53 Å². The van der Waals surface area contributed by atoms with Crippen molar-refractivity contribution in [2.75, 3.05) is 30.5 Å². The third-order valence-corrected chi connectivity index (χ3v) is 4.09. The molecular formula is C14H22N2O2S. The molecule has 0 aromatic heterocycles. The molecule has 1 aromatic rings. The summed E-state index contributed by atoms with van der Waals surface area (Å²) in [6.07, 6.45) is 2.06. The number of benzene rings is 1. The Kier molecular flexibility index (Phi) is 5.54. The lowest BCUT2D eigenvalue weighted by molar-refractivity contribution is 0.0527. The van der Waals surface area contributed by atoms with Crippen molar-refractivity contribution >= 4 is 29.1 Å². The molecule has 0 radical (unpaired) electrons. The van der Waals surface area contributed by atoms with E-state index < -0.39 is 0 Å². The first-order valence-electron chi connectivity index (χ1n) is 6.26. The molecule has 0 aliphatic carbocycles. The fourth-order valence-corrected chi connectivity index (χ4v) is 1.74. The van der Waals surface area contributed by atoms with Crippen LogP contribution in [0, 0.1) is 0 Å². The third kappa shape index (κ3) is 4.35. The van der Waals surface area contributed by atoms with Crippen LogP contribution in [0.4, 0.5) is 11.4 Å². The second-order valence-electron chi connectivity index (χ2n) is 4.81. The van der Waals surface area contributed by atoms with E-state index in [2.05, 4.69) is 25.4 Å². The molecule has 0 saturated carbocycles. The molecule has 0 aliphatic heterocycles. The number of hydrogen-bond donors (Lipinski definition) is 2. The highest BCUT2D eigenvalue weighted by molar-refractivity contribution is 7.99. The Hall–Kier alpha value is -1.36. The minimum absolute atomic E-state index is 0.0637. The number of rotatable bonds is 6. The fourth-order valence-electron chi connectivity index (χ4n) is 1.52. The maximum Gasteiger partial charge on any atom is 0.340 e. The molecule has 5 heteroatoms. The van der Waals surface area contributed by atoms with Crippen LogP contribution in [-0.2, 0) is 4.74 Å². The summed E-state index contributed by atoms with van der Waals surface area (Å²) >= 11 is 1.76. The van der Waals surface area contributed by atoms with Gasteiger partial charge in [0.05, 0.1) is 23.5 Å². The fraction of sp³-hybridized carbons (Fsp3) is 0.500. The minimum atomic E-state index is -0.348. The van der Waals surface area contributed by atoms with Crippen LogP contribution in [0.2, 0.25) is 0 Å². The summed E-state index contributed by atoms with van der Waals surface area (Å²) in [5.74, 6) is -0.348. The Bertz CT molecular complexity index is 447. The Morgan fingerprint density at radius 3 is 2.74 bits per heavy atom. The zero-order valence-electron chi connectivity index (χ0n) is 11.9. The summed E-state index contributed by atoms with van der Waals surface area (Å²) in [7, 11) is 0. The number of nitrogens with two attached hydrogens (primary N) is 1. The predicted octanol–water partition coefficient (Wildman–Crippen LogP) is 3.00. The maximum atomic E-state index is 11.9. The molecule has 4 nitrogen and oxygen atoms in total. The van der Waals surface area contributed by atoms with E-state index in [-0.39, 0.29) is 10.7 Å². The van der Waals surface area contributed by atoms with Gasteiger partial charge in [-0.3, -0.25) is 0 Å². The lowest BCUT2D eigenvalue weighted by atomic mass is 10.1. The van der Waals surface area contributed by atoms with E-state index in [4.69, 9.17) is 10.5 Å². The van der Waals surface area contributed by atoms with Crippen LogP contribution in [0.1, 0.15) is 31.1 Å². The maximum absolute atomic E-state index is 11.9. The van der Waals surface area contributed by atoms with E-state index in [1.165, 1.54) is 0 Å². The van der Waals surface area contributed by atoms with E-state index >= 15 is 0 Å². The largest absolute Gasteiger partial charge is 0.462 e. The SMILES string of the molecule is CCOC(=O)c1cccc(N)c1NCC(C)(C)SC. The van der Waals surface area contributed by atoms with Crippen molar-refractivity contribution in [2.45, 2.75) is 25.5 Å². The lowest BCUT2D eigenvalue weighted by Crippen LogP contribution is -2.27. The van der Waals surface area contributed by atoms with E-state index in [0.29, 0.717) is 23.5 Å². The Morgan fingerprint density at radius 1 is 1.47 bits per heavy atom. The van der Waals surface area contributed by atoms with Crippen LogP contribution in [0.3, 0.4) is 0 Å². The molecule has 1 aromatic carbocycles. The van der Waals surface area contributed by atoms with Crippen molar-refractivity contribution in [1.82, 2.24) is 0 Å². The van der Waals surface area contributed by atoms with Crippen LogP contribution in [0.5, 0.6) is 0 Å². The van der Waals surface area contributed by atoms with Crippen molar-refractivity contribution in [3.63, 3.8) is 0 Å². The monoisotopic (exact) mass is 282 g/mol. The number of hydrogen-bond acceptors (Lipinski definition) is 5. The van der Waals surface area contributed by atoms with Gasteiger partial charge in [-0.2, -0.15) is 11.8 Å². The lowest BCUT2D eigenvalue weighted by Gasteiger charge is -2.24. The molecule has 0 bridgehead atoms. The Balaban J connectivity index is 2.95. The van der Waals surface area contributed by atoms with Gasteiger partial charge in [0.1, 0.15) is 0 Å². The average Bonchev–Trinajstić information content (AvgIpc) is 2.37. The van der Waals surface area contributed by atoms with Gasteiger partial charge in [-0.05, 0) is 39.2 Å². The van der Waals surface area contributed by atoms with Gasteiger partial charge >= 0.3 is 5.97 Å². The van der Waals surface area contributed by atoms with Gasteiger partial charge < -0.3 is 15.8 Å². The molecule has 19 heavy (non-hydrogen) atoms. The summed E-state index contributed by atoms with van der Waals surface area (Å²) in [4.78, 5) is 11.9. The summed E-state index contributed by atoms with van der Waals surface area (Å²) in [6, 6.07) is 5.26. The quantitative estimate of drug-likeness (QED) is 0.620. The summed E-state index contributed by atoms with van der Waals surface area (Å²) in [6.45, 7) is 7.12. The number of nitrogens with one attached hydrogen (secondary N) is 1. The molecule has 0 unspecified atom stereocenters. The molecule has 0 fully saturated rings. The van der Waals surface area contributed by atoms with Crippen LogP contribution in [-0.4, -0.2) is 30.1 Å². The second kappa shape index (κ2) is 6.70. The van der Waals surface area contributed by atoms with Crippen molar-refractivity contribution in [1.29, 1.82) is 0 Å². The minimum Gasteiger partial charge on any atom is -0.462 e. The third-order valence-electron chi connectivity index (χ3n) is 2.84. The summed E-state index contributed by atoms with van der Waals surface area (Å²) in [5.41, 5.74) is 7.65. The molecule has 0 atom stereocenters. The molecule has 0 spiro atoms. The smallest absolute Gasteiger partial charge is 0.340 e. The molecule has 0 saturated heterocycles. The van der Waals surface area contributed by atoms with Crippen LogP contribution in [0.25, 0.3) is 0 Å². The van der Waals surface area contributed by atoms with Crippen molar-refractivity contribution in [2.24, 2.45) is 0 Å². The number of anilines is 2. The second-order valence-corrected chi connectivity index (χ2v) is 6.32. The van der Waals surface area contributed by atoms with E-state index in [9.17, 15) is 4.79 Å². The normalized spacial score (nSPS) is 11.2. The molecule has 0 heterocycles. The number of para-hydroxylation sites is 1. The van der Waals surface area contributed by atoms with Crippen LogP contribution >= 0.6 is 11.8 Å². The Labute approximate surface area is 119 Å². The van der Waals surface area contributed by atoms with E-state index in [1.54, 1.807) is 36.9 Å². The van der Waals surface area contributed by atoms with Gasteiger partial charge in [0.2, 0.25) is 0 Å². The van der Waals surface area contributed by atoms with Crippen molar-refractivity contribution in [3.05, 3.63) is 23.8 Å². The molecule has 3 N–H and O–H groups in total. The summed E-state index contributed by atoms with van der Waals surface area (Å²) in [5, 5.41) is 3.27. The standard InChI is InChI=1S/C14H22N2O2S/c1-5-18-13(17)10-7-6-8-11(15)12(10)16-9-14(2,3)19-4/h6-8,16H,5,9,15H2,1-4H3. The average molecular weight is 282 g/mol. The van der Waals surface area contributed by atoms with Gasteiger partial charge in [0.15, 0.2) is 0 Å². The molecule has 0 amide bonds. The van der Waals surface area contributed by atoms with E-state index in [0.717, 1.165) is 6.54 Å². The van der Waals surface area contributed by atoms with Gasteiger partial charge in [-0.1, -0.05) is 6.07 Å². The summed E-state index contributed by atoms with van der Waals surface area (Å²) < 4.78 is 5.11. The molecular weight excluding hydrogens is 260 g/mol. The van der Waals surface area contributed by atoms with Crippen molar-refractivity contribution in [3.8, 4) is 0 Å². The number of carbonyl (C=O) groups is 1. The van der Waals surface area contributed by atoms with Crippen LogP contribution in [0.15, 0.2) is 18.2 Å². The van der Waals surface area contributed by atoms with Gasteiger partial charge in [-0.15, -0.1) is 0 Å². The highest BCUT2D eigenvalue weighted by Crippen LogP contribution is 2.27. The topological polar surface area (TPSA) is 64.3 Å². The number of esters is 1. The van der Waals surface area contributed by atoms with E-state index in [1.807, 2.05) is 0 Å². The number of thioether (sulfide) groups is 1. The number of nitrogen functional groups attached to an aromatic ring is 1. The first-order valence-corrected chi connectivity index (χ1v) is 7.48. The highest BCUT2D eigenvalue weighted by atomic mass is 32.2. The predicted molar refractivity (Wildman–Crippen MR) is 82.9 cm³/mol. The van der Waals surface area contributed by atoms with Gasteiger partial charge in [0, 0.05) is 11.3 Å².